The number of carbonyl (C=O) groups excluding carboxylic acids is 2. The standard InChI is InChI=1S/C18H17N3O5/c1-24-14-8-13(9-15(25-2)16(14)26-3)18(23)21-20-17(22)12-6-4-11(10-19)5-7-12/h4-9H,1-3H3,(H,20,22)(H,21,23). The van der Waals surface area contributed by atoms with Crippen molar-refractivity contribution in [2.24, 2.45) is 0 Å². The second kappa shape index (κ2) is 8.39. The van der Waals surface area contributed by atoms with Gasteiger partial charge in [-0.05, 0) is 36.4 Å². The van der Waals surface area contributed by atoms with Gasteiger partial charge in [0.15, 0.2) is 11.5 Å². The Balaban J connectivity index is 2.12. The maximum atomic E-state index is 12.3. The van der Waals surface area contributed by atoms with Gasteiger partial charge >= 0.3 is 0 Å². The number of rotatable bonds is 5. The van der Waals surface area contributed by atoms with Crippen molar-refractivity contribution in [3.05, 3.63) is 53.1 Å². The van der Waals surface area contributed by atoms with E-state index in [1.54, 1.807) is 0 Å². The average molecular weight is 355 g/mol. The number of benzene rings is 2. The first kappa shape index (κ1) is 18.6. The monoisotopic (exact) mass is 355 g/mol. The molecule has 0 saturated heterocycles. The van der Waals surface area contributed by atoms with Crippen molar-refractivity contribution in [2.45, 2.75) is 0 Å². The number of amides is 2. The number of nitrogens with one attached hydrogen (secondary N) is 2. The highest BCUT2D eigenvalue weighted by molar-refractivity contribution is 5.99. The Labute approximate surface area is 150 Å². The van der Waals surface area contributed by atoms with Gasteiger partial charge in [-0.25, -0.2) is 0 Å². The predicted octanol–water partition coefficient (Wildman–Crippen LogP) is 1.66. The van der Waals surface area contributed by atoms with Gasteiger partial charge in [0.1, 0.15) is 0 Å². The summed E-state index contributed by atoms with van der Waals surface area (Å²) in [5.41, 5.74) is 5.56. The molecule has 0 aromatic heterocycles. The fourth-order valence-electron chi connectivity index (χ4n) is 2.17. The van der Waals surface area contributed by atoms with Gasteiger partial charge in [-0.3, -0.25) is 20.4 Å². The topological polar surface area (TPSA) is 110 Å². The molecule has 0 fully saturated rings. The summed E-state index contributed by atoms with van der Waals surface area (Å²) in [5.74, 6) is -0.0967. The minimum Gasteiger partial charge on any atom is -0.493 e. The second-order valence-corrected chi connectivity index (χ2v) is 5.01. The zero-order valence-corrected chi connectivity index (χ0v) is 14.5. The Morgan fingerprint density at radius 3 is 1.77 bits per heavy atom. The van der Waals surface area contributed by atoms with Crippen LogP contribution >= 0.6 is 0 Å². The van der Waals surface area contributed by atoms with Crippen LogP contribution in [0.5, 0.6) is 17.2 Å². The van der Waals surface area contributed by atoms with Crippen molar-refractivity contribution in [3.8, 4) is 23.3 Å². The highest BCUT2D eigenvalue weighted by Gasteiger charge is 2.17. The summed E-state index contributed by atoms with van der Waals surface area (Å²) in [5, 5.41) is 8.76. The molecule has 0 bridgehead atoms. The molecule has 8 nitrogen and oxygen atoms in total. The van der Waals surface area contributed by atoms with Crippen molar-refractivity contribution >= 4 is 11.8 Å². The van der Waals surface area contributed by atoms with E-state index in [1.165, 1.54) is 57.7 Å². The lowest BCUT2D eigenvalue weighted by Gasteiger charge is -2.14. The minimum atomic E-state index is -0.564. The number of methoxy groups -OCH3 is 3. The van der Waals surface area contributed by atoms with Crippen LogP contribution in [0.1, 0.15) is 26.3 Å². The van der Waals surface area contributed by atoms with E-state index in [2.05, 4.69) is 10.9 Å². The molecule has 0 aliphatic heterocycles. The smallest absolute Gasteiger partial charge is 0.269 e. The molecule has 2 amide bonds. The first-order valence-electron chi connectivity index (χ1n) is 7.45. The average Bonchev–Trinajstić information content (AvgIpc) is 2.70. The molecule has 8 heteroatoms. The van der Waals surface area contributed by atoms with E-state index in [-0.39, 0.29) is 5.56 Å². The van der Waals surface area contributed by atoms with Gasteiger partial charge in [0.05, 0.1) is 33.0 Å². The van der Waals surface area contributed by atoms with Crippen molar-refractivity contribution in [1.82, 2.24) is 10.9 Å². The summed E-state index contributed by atoms with van der Waals surface area (Å²) in [6, 6.07) is 10.9. The molecule has 2 aromatic carbocycles. The van der Waals surface area contributed by atoms with Crippen LogP contribution in [0.25, 0.3) is 0 Å². The molecule has 2 N–H and O–H groups in total. The van der Waals surface area contributed by atoms with Gasteiger partial charge in [-0.2, -0.15) is 5.26 Å². The van der Waals surface area contributed by atoms with Gasteiger partial charge in [-0.1, -0.05) is 0 Å². The highest BCUT2D eigenvalue weighted by Crippen LogP contribution is 2.38. The number of ether oxygens (including phenoxy) is 3. The molecule has 0 aliphatic rings. The maximum absolute atomic E-state index is 12.3. The zero-order valence-electron chi connectivity index (χ0n) is 14.5. The number of hydrazine groups is 1. The zero-order chi connectivity index (χ0) is 19.1. The Bertz CT molecular complexity index is 831. The number of hydrogen-bond donors (Lipinski definition) is 2. The fourth-order valence-corrected chi connectivity index (χ4v) is 2.17. The number of hydrogen-bond acceptors (Lipinski definition) is 6. The number of nitrogens with zero attached hydrogens (tertiary/aromatic N) is 1. The van der Waals surface area contributed by atoms with Crippen molar-refractivity contribution in [2.75, 3.05) is 21.3 Å². The van der Waals surface area contributed by atoms with Crippen LogP contribution in [0.15, 0.2) is 36.4 Å². The quantitative estimate of drug-likeness (QED) is 0.790. The third-order valence-corrected chi connectivity index (χ3v) is 3.49. The van der Waals surface area contributed by atoms with E-state index >= 15 is 0 Å². The molecule has 0 atom stereocenters. The van der Waals surface area contributed by atoms with Crippen LogP contribution in [0, 0.1) is 11.3 Å². The van der Waals surface area contributed by atoms with E-state index in [0.717, 1.165) is 0 Å². The second-order valence-electron chi connectivity index (χ2n) is 5.01. The van der Waals surface area contributed by atoms with Crippen LogP contribution < -0.4 is 25.1 Å². The Hall–Kier alpha value is -3.73. The van der Waals surface area contributed by atoms with Crippen LogP contribution in [0.2, 0.25) is 0 Å². The molecule has 134 valence electrons. The molecule has 0 radical (unpaired) electrons. The summed E-state index contributed by atoms with van der Waals surface area (Å²) >= 11 is 0. The first-order chi connectivity index (χ1) is 12.5. The van der Waals surface area contributed by atoms with Crippen molar-refractivity contribution in [3.63, 3.8) is 0 Å². The lowest BCUT2D eigenvalue weighted by molar-refractivity contribution is 0.0846. The first-order valence-corrected chi connectivity index (χ1v) is 7.45. The SMILES string of the molecule is COc1cc(C(=O)NNC(=O)c2ccc(C#N)cc2)cc(OC)c1OC. The molecule has 26 heavy (non-hydrogen) atoms. The maximum Gasteiger partial charge on any atom is 0.269 e. The Morgan fingerprint density at radius 1 is 0.846 bits per heavy atom. The van der Waals surface area contributed by atoms with Crippen LogP contribution in [-0.2, 0) is 0 Å². The van der Waals surface area contributed by atoms with Crippen LogP contribution in [0.4, 0.5) is 0 Å². The lowest BCUT2D eigenvalue weighted by atomic mass is 10.1. The van der Waals surface area contributed by atoms with Crippen LogP contribution in [-0.4, -0.2) is 33.1 Å². The molecule has 0 unspecified atom stereocenters. The molecular formula is C18H17N3O5. The molecule has 0 aliphatic carbocycles. The van der Waals surface area contributed by atoms with E-state index < -0.39 is 11.8 Å². The third kappa shape index (κ3) is 4.02. The third-order valence-electron chi connectivity index (χ3n) is 3.49. The summed E-state index contributed by atoms with van der Waals surface area (Å²) < 4.78 is 15.6. The van der Waals surface area contributed by atoms with Crippen molar-refractivity contribution in [1.29, 1.82) is 5.26 Å². The summed E-state index contributed by atoms with van der Waals surface area (Å²) in [7, 11) is 4.33. The molecule has 2 rings (SSSR count). The van der Waals surface area contributed by atoms with Crippen molar-refractivity contribution < 1.29 is 23.8 Å². The highest BCUT2D eigenvalue weighted by atomic mass is 16.5. The van der Waals surface area contributed by atoms with Gasteiger partial charge in [0, 0.05) is 11.1 Å². The van der Waals surface area contributed by atoms with Gasteiger partial charge < -0.3 is 14.2 Å². The molecule has 0 spiro atoms. The Morgan fingerprint density at radius 2 is 1.35 bits per heavy atom. The summed E-state index contributed by atoms with van der Waals surface area (Å²) in [4.78, 5) is 24.3. The largest absolute Gasteiger partial charge is 0.493 e. The van der Waals surface area contributed by atoms with Gasteiger partial charge in [0.25, 0.3) is 11.8 Å². The molecular weight excluding hydrogens is 338 g/mol. The molecule has 0 heterocycles. The van der Waals surface area contributed by atoms with E-state index in [1.807, 2.05) is 6.07 Å². The molecule has 0 saturated carbocycles. The van der Waals surface area contributed by atoms with E-state index in [9.17, 15) is 9.59 Å². The van der Waals surface area contributed by atoms with E-state index in [0.29, 0.717) is 28.4 Å². The number of carbonyl (C=O) groups is 2. The van der Waals surface area contributed by atoms with Crippen LogP contribution in [0.3, 0.4) is 0 Å². The lowest BCUT2D eigenvalue weighted by Crippen LogP contribution is -2.41. The number of nitriles is 1. The minimum absolute atomic E-state index is 0.208. The molecule has 2 aromatic rings. The summed E-state index contributed by atoms with van der Waals surface area (Å²) in [6.07, 6.45) is 0. The normalized spacial score (nSPS) is 9.62. The summed E-state index contributed by atoms with van der Waals surface area (Å²) in [6.45, 7) is 0. The van der Waals surface area contributed by atoms with Gasteiger partial charge in [-0.15, -0.1) is 0 Å². The van der Waals surface area contributed by atoms with Gasteiger partial charge in [0.2, 0.25) is 5.75 Å². The van der Waals surface area contributed by atoms with E-state index in [4.69, 9.17) is 19.5 Å². The fraction of sp³-hybridized carbons (Fsp3) is 0.167. The Kier molecular flexibility index (Phi) is 6.01. The predicted molar refractivity (Wildman–Crippen MR) is 92.2 cm³/mol.